The fourth-order valence-electron chi connectivity index (χ4n) is 2.49. The van der Waals surface area contributed by atoms with Crippen LogP contribution in [0.4, 0.5) is 4.39 Å². The lowest BCUT2D eigenvalue weighted by atomic mass is 10.0. The molecule has 0 radical (unpaired) electrons. The summed E-state index contributed by atoms with van der Waals surface area (Å²) in [6, 6.07) is 3.28. The van der Waals surface area contributed by atoms with E-state index in [0.29, 0.717) is 16.6 Å². The smallest absolute Gasteiger partial charge is 0.142 e. The predicted molar refractivity (Wildman–Crippen MR) is 79.4 cm³/mol. The lowest BCUT2D eigenvalue weighted by Gasteiger charge is -2.24. The van der Waals surface area contributed by atoms with Crippen LogP contribution < -0.4 is 5.32 Å². The molecule has 0 saturated heterocycles. The van der Waals surface area contributed by atoms with Crippen LogP contribution in [0, 0.1) is 11.7 Å². The number of benzene rings is 1. The third kappa shape index (κ3) is 3.84. The summed E-state index contributed by atoms with van der Waals surface area (Å²) in [5.41, 5.74) is 0.664. The van der Waals surface area contributed by atoms with E-state index in [0.717, 1.165) is 12.3 Å². The van der Waals surface area contributed by atoms with Gasteiger partial charge in [0, 0.05) is 22.7 Å². The van der Waals surface area contributed by atoms with Gasteiger partial charge in [-0.25, -0.2) is 4.39 Å². The molecule has 1 N–H and O–H groups in total. The first-order valence-corrected chi connectivity index (χ1v) is 7.68. The lowest BCUT2D eigenvalue weighted by molar-refractivity contribution is 0.403. The SMILES string of the molecule is CCC(CC1CC1)NC(C)c1c(Cl)ccc(F)c1Cl. The van der Waals surface area contributed by atoms with Gasteiger partial charge in [0.1, 0.15) is 5.82 Å². The molecular weight excluding hydrogens is 284 g/mol. The van der Waals surface area contributed by atoms with Crippen LogP contribution in [0.3, 0.4) is 0 Å². The van der Waals surface area contributed by atoms with Crippen LogP contribution in [0.5, 0.6) is 0 Å². The van der Waals surface area contributed by atoms with E-state index in [2.05, 4.69) is 12.2 Å². The highest BCUT2D eigenvalue weighted by Gasteiger charge is 2.26. The standard InChI is InChI=1S/C15H20Cl2FN/c1-3-11(8-10-4-5-10)19-9(2)14-12(16)6-7-13(18)15(14)17/h6-7,9-11,19H,3-5,8H2,1-2H3. The van der Waals surface area contributed by atoms with E-state index in [4.69, 9.17) is 23.2 Å². The van der Waals surface area contributed by atoms with Crippen LogP contribution in [-0.4, -0.2) is 6.04 Å². The van der Waals surface area contributed by atoms with Gasteiger partial charge in [-0.05, 0) is 37.8 Å². The highest BCUT2D eigenvalue weighted by molar-refractivity contribution is 6.36. The summed E-state index contributed by atoms with van der Waals surface area (Å²) in [5, 5.41) is 4.18. The quantitative estimate of drug-likeness (QED) is 0.697. The van der Waals surface area contributed by atoms with E-state index in [1.807, 2.05) is 6.92 Å². The van der Waals surface area contributed by atoms with Crippen LogP contribution >= 0.6 is 23.2 Å². The second-order valence-corrected chi connectivity index (χ2v) is 6.21. The third-order valence-corrected chi connectivity index (χ3v) is 4.52. The minimum atomic E-state index is -0.412. The zero-order valence-corrected chi connectivity index (χ0v) is 12.9. The van der Waals surface area contributed by atoms with Crippen LogP contribution in [0.1, 0.15) is 51.1 Å². The van der Waals surface area contributed by atoms with Gasteiger partial charge in [0.05, 0.1) is 5.02 Å². The van der Waals surface area contributed by atoms with Crippen molar-refractivity contribution < 1.29 is 4.39 Å². The molecule has 1 aliphatic rings. The van der Waals surface area contributed by atoms with E-state index >= 15 is 0 Å². The summed E-state index contributed by atoms with van der Waals surface area (Å²) in [6.45, 7) is 4.16. The third-order valence-electron chi connectivity index (χ3n) is 3.81. The Bertz CT molecular complexity index is 446. The molecule has 0 bridgehead atoms. The Morgan fingerprint density at radius 3 is 2.63 bits per heavy atom. The molecule has 2 rings (SSSR count). The first kappa shape index (κ1) is 15.1. The molecule has 1 nitrogen and oxygen atoms in total. The van der Waals surface area contributed by atoms with E-state index in [9.17, 15) is 4.39 Å². The average molecular weight is 304 g/mol. The van der Waals surface area contributed by atoms with Crippen LogP contribution in [0.15, 0.2) is 12.1 Å². The maximum atomic E-state index is 13.5. The van der Waals surface area contributed by atoms with Crippen molar-refractivity contribution in [1.29, 1.82) is 0 Å². The van der Waals surface area contributed by atoms with Crippen LogP contribution in [0.2, 0.25) is 10.0 Å². The second kappa shape index (κ2) is 6.43. The van der Waals surface area contributed by atoms with Crippen molar-refractivity contribution in [3.8, 4) is 0 Å². The van der Waals surface area contributed by atoms with E-state index in [1.54, 1.807) is 6.07 Å². The molecule has 19 heavy (non-hydrogen) atoms. The molecule has 1 fully saturated rings. The first-order chi connectivity index (χ1) is 9.02. The van der Waals surface area contributed by atoms with Gasteiger partial charge in [0.25, 0.3) is 0 Å². The molecule has 2 unspecified atom stereocenters. The van der Waals surface area contributed by atoms with Gasteiger partial charge in [-0.1, -0.05) is 43.0 Å². The Morgan fingerprint density at radius 2 is 2.05 bits per heavy atom. The van der Waals surface area contributed by atoms with E-state index in [1.165, 1.54) is 25.3 Å². The molecule has 0 aliphatic heterocycles. The zero-order chi connectivity index (χ0) is 14.0. The van der Waals surface area contributed by atoms with Gasteiger partial charge >= 0.3 is 0 Å². The topological polar surface area (TPSA) is 12.0 Å². The van der Waals surface area contributed by atoms with Gasteiger partial charge < -0.3 is 5.32 Å². The summed E-state index contributed by atoms with van der Waals surface area (Å²) in [4.78, 5) is 0. The number of rotatable bonds is 6. The van der Waals surface area contributed by atoms with Crippen LogP contribution in [0.25, 0.3) is 0 Å². The van der Waals surface area contributed by atoms with Gasteiger partial charge in [0.15, 0.2) is 0 Å². The molecular formula is C15H20Cl2FN. The van der Waals surface area contributed by atoms with Gasteiger partial charge in [-0.15, -0.1) is 0 Å². The Balaban J connectivity index is 2.09. The molecule has 1 aromatic carbocycles. The van der Waals surface area contributed by atoms with E-state index < -0.39 is 5.82 Å². The molecule has 4 heteroatoms. The minimum Gasteiger partial charge on any atom is -0.307 e. The maximum Gasteiger partial charge on any atom is 0.142 e. The van der Waals surface area contributed by atoms with Gasteiger partial charge in [0.2, 0.25) is 0 Å². The molecule has 0 aromatic heterocycles. The lowest BCUT2D eigenvalue weighted by Crippen LogP contribution is -2.31. The van der Waals surface area contributed by atoms with Crippen molar-refractivity contribution in [2.24, 2.45) is 5.92 Å². The molecule has 1 saturated carbocycles. The van der Waals surface area contributed by atoms with Crippen molar-refractivity contribution >= 4 is 23.2 Å². The van der Waals surface area contributed by atoms with Gasteiger partial charge in [-0.3, -0.25) is 0 Å². The summed E-state index contributed by atoms with van der Waals surface area (Å²) in [5.74, 6) is 0.452. The van der Waals surface area contributed by atoms with Crippen molar-refractivity contribution in [2.45, 2.75) is 51.6 Å². The summed E-state index contributed by atoms with van der Waals surface area (Å²) in [6.07, 6.45) is 4.93. The largest absolute Gasteiger partial charge is 0.307 e. The normalized spacial score (nSPS) is 18.4. The molecule has 1 aliphatic carbocycles. The Morgan fingerprint density at radius 1 is 1.37 bits per heavy atom. The molecule has 106 valence electrons. The zero-order valence-electron chi connectivity index (χ0n) is 11.3. The Labute approximate surface area is 124 Å². The number of hydrogen-bond acceptors (Lipinski definition) is 1. The molecule has 2 atom stereocenters. The second-order valence-electron chi connectivity index (χ2n) is 5.43. The number of hydrogen-bond donors (Lipinski definition) is 1. The fraction of sp³-hybridized carbons (Fsp3) is 0.600. The molecule has 1 aromatic rings. The average Bonchev–Trinajstić information content (AvgIpc) is 3.17. The highest BCUT2D eigenvalue weighted by Crippen LogP contribution is 2.36. The minimum absolute atomic E-state index is 0.0422. The first-order valence-electron chi connectivity index (χ1n) is 6.92. The summed E-state index contributed by atoms with van der Waals surface area (Å²) >= 11 is 12.2. The summed E-state index contributed by atoms with van der Waals surface area (Å²) < 4.78 is 13.5. The molecule has 0 spiro atoms. The number of nitrogens with one attached hydrogen (secondary N) is 1. The van der Waals surface area contributed by atoms with E-state index in [-0.39, 0.29) is 11.1 Å². The van der Waals surface area contributed by atoms with Crippen molar-refractivity contribution in [3.63, 3.8) is 0 Å². The predicted octanol–water partition coefficient (Wildman–Crippen LogP) is 5.36. The van der Waals surface area contributed by atoms with Crippen molar-refractivity contribution in [3.05, 3.63) is 33.6 Å². The monoisotopic (exact) mass is 303 g/mol. The van der Waals surface area contributed by atoms with Crippen molar-refractivity contribution in [1.82, 2.24) is 5.32 Å². The Kier molecular flexibility index (Phi) is 5.10. The summed E-state index contributed by atoms with van der Waals surface area (Å²) in [7, 11) is 0. The van der Waals surface area contributed by atoms with Crippen molar-refractivity contribution in [2.75, 3.05) is 0 Å². The number of halogens is 3. The Hall–Kier alpha value is -0.310. The van der Waals surface area contributed by atoms with Crippen LogP contribution in [-0.2, 0) is 0 Å². The fourth-order valence-corrected chi connectivity index (χ4v) is 3.18. The van der Waals surface area contributed by atoms with Gasteiger partial charge in [-0.2, -0.15) is 0 Å². The molecule has 0 amide bonds. The maximum absolute atomic E-state index is 13.5. The molecule has 0 heterocycles. The highest BCUT2D eigenvalue weighted by atomic mass is 35.5.